The Morgan fingerprint density at radius 2 is 1.37 bits per heavy atom. The molecule has 0 aliphatic rings. The predicted molar refractivity (Wildman–Crippen MR) is 108 cm³/mol. The van der Waals surface area contributed by atoms with Gasteiger partial charge in [-0.1, -0.05) is 6.92 Å². The van der Waals surface area contributed by atoms with Crippen LogP contribution in [0.1, 0.15) is 45.2 Å². The lowest BCUT2D eigenvalue weighted by molar-refractivity contribution is 0.255. The Balaban J connectivity index is 3.25. The van der Waals surface area contributed by atoms with E-state index in [1.54, 1.807) is 0 Å². The van der Waals surface area contributed by atoms with E-state index in [-0.39, 0.29) is 5.96 Å². The molecule has 1 aromatic rings. The van der Waals surface area contributed by atoms with E-state index in [0.717, 1.165) is 17.5 Å². The number of benzene rings is 1. The number of carbonyl (C=O) groups is 1. The lowest BCUT2D eigenvalue weighted by Crippen LogP contribution is -2.42. The molecule has 0 atom stereocenters. The van der Waals surface area contributed by atoms with Crippen LogP contribution in [0.3, 0.4) is 0 Å². The number of guanidine groups is 1. The molecule has 0 fully saturated rings. The maximum atomic E-state index is 12.3. The fraction of sp³-hybridized carbons (Fsp3) is 0.579. The molecule has 0 aliphatic heterocycles. The first-order valence-electron chi connectivity index (χ1n) is 9.36. The Bertz CT molecular complexity index is 629. The van der Waals surface area contributed by atoms with E-state index in [1.165, 1.54) is 0 Å². The first-order chi connectivity index (χ1) is 12.9. The van der Waals surface area contributed by atoms with Crippen molar-refractivity contribution in [1.82, 2.24) is 10.6 Å². The van der Waals surface area contributed by atoms with Gasteiger partial charge in [0.15, 0.2) is 17.5 Å². The molecule has 0 bridgehead atoms. The summed E-state index contributed by atoms with van der Waals surface area (Å²) >= 11 is 0. The molecule has 152 valence electrons. The maximum absolute atomic E-state index is 12.3. The topological polar surface area (TPSA) is 105 Å². The van der Waals surface area contributed by atoms with Crippen LogP contribution in [0.25, 0.3) is 0 Å². The molecule has 0 saturated heterocycles. The van der Waals surface area contributed by atoms with E-state index >= 15 is 0 Å². The fourth-order valence-corrected chi connectivity index (χ4v) is 2.60. The van der Waals surface area contributed by atoms with Crippen molar-refractivity contribution in [3.8, 4) is 17.2 Å². The lowest BCUT2D eigenvalue weighted by atomic mass is 10.0. The highest BCUT2D eigenvalue weighted by atomic mass is 16.5. The minimum Gasteiger partial charge on any atom is -0.489 e. The summed E-state index contributed by atoms with van der Waals surface area (Å²) < 4.78 is 17.4. The number of hydrogen-bond donors (Lipinski definition) is 4. The van der Waals surface area contributed by atoms with Crippen molar-refractivity contribution < 1.29 is 19.0 Å². The average Bonchev–Trinajstić information content (AvgIpc) is 2.63. The molecule has 4 N–H and O–H groups in total. The molecule has 0 heterocycles. The summed E-state index contributed by atoms with van der Waals surface area (Å²) in [5.74, 6) is 1.58. The summed E-state index contributed by atoms with van der Waals surface area (Å²) in [6.07, 6.45) is 0.859. The molecule has 0 radical (unpaired) electrons. The molecule has 0 unspecified atom stereocenters. The van der Waals surface area contributed by atoms with Gasteiger partial charge in [-0.25, -0.2) is 4.79 Å². The molecule has 8 heteroatoms. The monoisotopic (exact) mass is 380 g/mol. The van der Waals surface area contributed by atoms with Crippen molar-refractivity contribution in [2.45, 2.75) is 48.0 Å². The maximum Gasteiger partial charge on any atom is 0.326 e. The van der Waals surface area contributed by atoms with Crippen LogP contribution in [0.2, 0.25) is 0 Å². The van der Waals surface area contributed by atoms with Crippen LogP contribution in [0.4, 0.5) is 10.5 Å². The fourth-order valence-electron chi connectivity index (χ4n) is 2.60. The lowest BCUT2D eigenvalue weighted by Gasteiger charge is -2.23. The Labute approximate surface area is 161 Å². The molecule has 27 heavy (non-hydrogen) atoms. The second-order valence-electron chi connectivity index (χ2n) is 5.79. The Morgan fingerprint density at radius 1 is 0.889 bits per heavy atom. The number of rotatable bonds is 9. The minimum absolute atomic E-state index is 0.0503. The van der Waals surface area contributed by atoms with E-state index in [0.29, 0.717) is 49.3 Å². The Hall–Kier alpha value is -2.64. The van der Waals surface area contributed by atoms with Gasteiger partial charge in [-0.05, 0) is 41.0 Å². The summed E-state index contributed by atoms with van der Waals surface area (Å²) in [4.78, 5) is 12.3. The van der Waals surface area contributed by atoms with Gasteiger partial charge < -0.3 is 24.8 Å². The molecule has 1 rings (SSSR count). The number of carbonyl (C=O) groups excluding carboxylic acids is 1. The van der Waals surface area contributed by atoms with Crippen molar-refractivity contribution in [3.63, 3.8) is 0 Å². The van der Waals surface area contributed by atoms with Crippen LogP contribution in [0, 0.1) is 19.3 Å². The molecule has 8 nitrogen and oxygen atoms in total. The third-order valence-corrected chi connectivity index (χ3v) is 3.74. The molecular formula is C19H32N4O4. The van der Waals surface area contributed by atoms with E-state index in [9.17, 15) is 4.79 Å². The average molecular weight is 380 g/mol. The van der Waals surface area contributed by atoms with Gasteiger partial charge >= 0.3 is 6.03 Å². The number of ether oxygens (including phenoxy) is 3. The molecule has 0 spiro atoms. The standard InChI is InChI=1S/C19H32N4O4/c1-7-11-21-18(20)23-19(24)22-14-12(5)15(25-8-2)17(27-10-4)16(13(14)6)26-9-3/h7-11H2,1-6H3,(H4,20,21,22,23,24). The van der Waals surface area contributed by atoms with Gasteiger partial charge in [-0.15, -0.1) is 0 Å². The number of nitrogens with one attached hydrogen (secondary N) is 4. The zero-order chi connectivity index (χ0) is 20.4. The Kier molecular flexibility index (Phi) is 9.25. The molecule has 1 aromatic carbocycles. The summed E-state index contributed by atoms with van der Waals surface area (Å²) in [6, 6.07) is -0.510. The summed E-state index contributed by atoms with van der Waals surface area (Å²) in [7, 11) is 0. The van der Waals surface area contributed by atoms with Gasteiger partial charge in [0.2, 0.25) is 5.75 Å². The van der Waals surface area contributed by atoms with Crippen molar-refractivity contribution >= 4 is 17.7 Å². The molecule has 2 amide bonds. The second-order valence-corrected chi connectivity index (χ2v) is 5.79. The summed E-state index contributed by atoms with van der Waals surface area (Å²) in [6.45, 7) is 13.3. The summed E-state index contributed by atoms with van der Waals surface area (Å²) in [5.41, 5.74) is 2.06. The van der Waals surface area contributed by atoms with E-state index in [4.69, 9.17) is 19.6 Å². The van der Waals surface area contributed by atoms with Crippen LogP contribution in [0.5, 0.6) is 17.2 Å². The molecular weight excluding hydrogens is 348 g/mol. The van der Waals surface area contributed by atoms with Crippen LogP contribution in [-0.4, -0.2) is 38.4 Å². The number of anilines is 1. The number of amides is 2. The van der Waals surface area contributed by atoms with Crippen molar-refractivity contribution in [2.24, 2.45) is 0 Å². The van der Waals surface area contributed by atoms with Crippen molar-refractivity contribution in [1.29, 1.82) is 5.41 Å². The van der Waals surface area contributed by atoms with E-state index in [2.05, 4.69) is 16.0 Å². The highest BCUT2D eigenvalue weighted by Gasteiger charge is 2.24. The second kappa shape index (κ2) is 11.2. The SMILES string of the molecule is CCCNC(=N)NC(=O)Nc1c(C)c(OCC)c(OCC)c(OCC)c1C. The third-order valence-electron chi connectivity index (χ3n) is 3.74. The predicted octanol–water partition coefficient (Wildman–Crippen LogP) is 3.56. The third kappa shape index (κ3) is 5.94. The van der Waals surface area contributed by atoms with Gasteiger partial charge in [0.1, 0.15) is 0 Å². The van der Waals surface area contributed by atoms with E-state index in [1.807, 2.05) is 41.5 Å². The number of hydrogen-bond acceptors (Lipinski definition) is 5. The molecule has 0 aliphatic carbocycles. The first-order valence-corrected chi connectivity index (χ1v) is 9.36. The van der Waals surface area contributed by atoms with Gasteiger partial charge in [-0.3, -0.25) is 10.7 Å². The van der Waals surface area contributed by atoms with Crippen molar-refractivity contribution in [2.75, 3.05) is 31.7 Å². The van der Waals surface area contributed by atoms with Gasteiger partial charge in [-0.2, -0.15) is 0 Å². The normalized spacial score (nSPS) is 10.1. The zero-order valence-corrected chi connectivity index (χ0v) is 17.2. The van der Waals surface area contributed by atoms with E-state index < -0.39 is 6.03 Å². The van der Waals surface area contributed by atoms with Crippen LogP contribution < -0.4 is 30.2 Å². The largest absolute Gasteiger partial charge is 0.489 e. The van der Waals surface area contributed by atoms with Crippen molar-refractivity contribution in [3.05, 3.63) is 11.1 Å². The smallest absolute Gasteiger partial charge is 0.326 e. The van der Waals surface area contributed by atoms with Gasteiger partial charge in [0, 0.05) is 17.7 Å². The Morgan fingerprint density at radius 3 is 1.81 bits per heavy atom. The van der Waals surface area contributed by atoms with Gasteiger partial charge in [0.25, 0.3) is 0 Å². The molecule has 0 saturated carbocycles. The van der Waals surface area contributed by atoms with Crippen LogP contribution >= 0.6 is 0 Å². The minimum atomic E-state index is -0.510. The number of urea groups is 1. The quantitative estimate of drug-likeness (QED) is 0.387. The van der Waals surface area contributed by atoms with Crippen LogP contribution in [-0.2, 0) is 0 Å². The highest BCUT2D eigenvalue weighted by molar-refractivity contribution is 6.02. The van der Waals surface area contributed by atoms with Crippen LogP contribution in [0.15, 0.2) is 0 Å². The molecule has 0 aromatic heterocycles. The summed E-state index contributed by atoms with van der Waals surface area (Å²) in [5, 5.41) is 15.8. The first kappa shape index (κ1) is 22.4. The zero-order valence-electron chi connectivity index (χ0n) is 17.2. The highest BCUT2D eigenvalue weighted by Crippen LogP contribution is 2.47. The van der Waals surface area contributed by atoms with Gasteiger partial charge in [0.05, 0.1) is 25.5 Å².